The van der Waals surface area contributed by atoms with Crippen molar-refractivity contribution in [1.29, 1.82) is 0 Å². The van der Waals surface area contributed by atoms with Gasteiger partial charge in [-0.1, -0.05) is 36.0 Å². The summed E-state index contributed by atoms with van der Waals surface area (Å²) in [5.74, 6) is 0.800. The van der Waals surface area contributed by atoms with Gasteiger partial charge in [0, 0.05) is 24.5 Å². The standard InChI is InChI=1S/C17H18N4S/c1-10-5-3-4-6-12(10)16-19-9-11-7-8-13-15(14(11)20-16)22-17(18)21(13)2/h3-6,9,17H,7-8,18H2,1-2H3. The zero-order valence-corrected chi connectivity index (χ0v) is 13.5. The first-order chi connectivity index (χ1) is 10.6. The number of fused-ring (bicyclic) bond motifs is 2. The van der Waals surface area contributed by atoms with E-state index in [4.69, 9.17) is 10.7 Å². The second-order valence-corrected chi connectivity index (χ2v) is 6.90. The first kappa shape index (κ1) is 13.8. The van der Waals surface area contributed by atoms with Crippen LogP contribution in [0.1, 0.15) is 23.2 Å². The van der Waals surface area contributed by atoms with Crippen LogP contribution < -0.4 is 5.73 Å². The van der Waals surface area contributed by atoms with E-state index in [9.17, 15) is 0 Å². The van der Waals surface area contributed by atoms with Gasteiger partial charge >= 0.3 is 0 Å². The lowest BCUT2D eigenvalue weighted by atomic mass is 9.99. The molecule has 0 bridgehead atoms. The maximum Gasteiger partial charge on any atom is 0.160 e. The molecule has 1 aliphatic carbocycles. The number of rotatable bonds is 1. The summed E-state index contributed by atoms with van der Waals surface area (Å²) >= 11 is 1.70. The van der Waals surface area contributed by atoms with Gasteiger partial charge < -0.3 is 10.6 Å². The molecule has 0 saturated carbocycles. The van der Waals surface area contributed by atoms with Gasteiger partial charge in [0.25, 0.3) is 0 Å². The van der Waals surface area contributed by atoms with Crippen molar-refractivity contribution < 1.29 is 0 Å². The average Bonchev–Trinajstić information content (AvgIpc) is 2.83. The molecular formula is C17H18N4S. The van der Waals surface area contributed by atoms with E-state index < -0.39 is 0 Å². The van der Waals surface area contributed by atoms with Gasteiger partial charge in [0.2, 0.25) is 0 Å². The van der Waals surface area contributed by atoms with Crippen molar-refractivity contribution in [2.24, 2.45) is 5.73 Å². The molecule has 5 heteroatoms. The highest BCUT2D eigenvalue weighted by atomic mass is 32.2. The van der Waals surface area contributed by atoms with Crippen molar-refractivity contribution in [2.75, 3.05) is 7.05 Å². The number of benzene rings is 1. The number of allylic oxidation sites excluding steroid dienone is 1. The van der Waals surface area contributed by atoms with Crippen LogP contribution in [-0.4, -0.2) is 27.4 Å². The van der Waals surface area contributed by atoms with Crippen LogP contribution in [0.25, 0.3) is 16.3 Å². The van der Waals surface area contributed by atoms with Gasteiger partial charge in [-0.05, 0) is 30.9 Å². The van der Waals surface area contributed by atoms with Crippen LogP contribution in [-0.2, 0) is 6.42 Å². The van der Waals surface area contributed by atoms with Gasteiger partial charge in [-0.3, -0.25) is 0 Å². The second kappa shape index (κ2) is 5.11. The Morgan fingerprint density at radius 3 is 2.91 bits per heavy atom. The van der Waals surface area contributed by atoms with E-state index in [1.807, 2.05) is 18.3 Å². The number of aryl methyl sites for hydroxylation is 2. The first-order valence-corrected chi connectivity index (χ1v) is 8.33. The fourth-order valence-corrected chi connectivity index (χ4v) is 4.25. The van der Waals surface area contributed by atoms with E-state index in [2.05, 4.69) is 36.0 Å². The molecule has 4 nitrogen and oxygen atoms in total. The second-order valence-electron chi connectivity index (χ2n) is 5.78. The molecule has 2 N–H and O–H groups in total. The SMILES string of the molecule is Cc1ccccc1-c1ncc2c(n1)C1=C(CC2)N(C)C(N)S1. The highest BCUT2D eigenvalue weighted by Crippen LogP contribution is 2.46. The highest BCUT2D eigenvalue weighted by Gasteiger charge is 2.33. The molecular weight excluding hydrogens is 292 g/mol. The Kier molecular flexibility index (Phi) is 3.20. The number of hydrogen-bond donors (Lipinski definition) is 1. The van der Waals surface area contributed by atoms with Crippen molar-refractivity contribution in [1.82, 2.24) is 14.9 Å². The molecule has 0 saturated heterocycles. The van der Waals surface area contributed by atoms with Crippen LogP contribution >= 0.6 is 11.8 Å². The molecule has 1 aromatic heterocycles. The molecule has 1 atom stereocenters. The van der Waals surface area contributed by atoms with Crippen molar-refractivity contribution >= 4 is 16.7 Å². The lowest BCUT2D eigenvalue weighted by molar-refractivity contribution is 0.394. The summed E-state index contributed by atoms with van der Waals surface area (Å²) in [6.07, 6.45) is 3.99. The number of thioether (sulfide) groups is 1. The molecule has 112 valence electrons. The fourth-order valence-electron chi connectivity index (χ4n) is 3.06. The van der Waals surface area contributed by atoms with E-state index in [1.54, 1.807) is 11.8 Å². The summed E-state index contributed by atoms with van der Waals surface area (Å²) in [6, 6.07) is 8.24. The highest BCUT2D eigenvalue weighted by molar-refractivity contribution is 8.09. The van der Waals surface area contributed by atoms with Crippen LogP contribution in [0.5, 0.6) is 0 Å². The number of hydrogen-bond acceptors (Lipinski definition) is 5. The molecule has 2 heterocycles. The van der Waals surface area contributed by atoms with Crippen molar-refractivity contribution in [2.45, 2.75) is 25.3 Å². The van der Waals surface area contributed by atoms with Crippen LogP contribution in [0, 0.1) is 6.92 Å². The molecule has 0 amide bonds. The summed E-state index contributed by atoms with van der Waals surface area (Å²) in [7, 11) is 2.06. The van der Waals surface area contributed by atoms with Gasteiger partial charge in [0.1, 0.15) is 5.50 Å². The average molecular weight is 310 g/mol. The smallest absolute Gasteiger partial charge is 0.160 e. The monoisotopic (exact) mass is 310 g/mol. The van der Waals surface area contributed by atoms with Gasteiger partial charge in [-0.15, -0.1) is 0 Å². The first-order valence-electron chi connectivity index (χ1n) is 7.45. The van der Waals surface area contributed by atoms with Crippen LogP contribution in [0.3, 0.4) is 0 Å². The number of nitrogens with two attached hydrogens (primary N) is 1. The van der Waals surface area contributed by atoms with E-state index in [1.165, 1.54) is 21.7 Å². The lowest BCUT2D eigenvalue weighted by Crippen LogP contribution is -2.31. The van der Waals surface area contributed by atoms with Gasteiger partial charge in [0.15, 0.2) is 5.82 Å². The van der Waals surface area contributed by atoms with Crippen LogP contribution in [0.4, 0.5) is 0 Å². The minimum Gasteiger partial charge on any atom is -0.353 e. The molecule has 0 fully saturated rings. The Bertz CT molecular complexity index is 784. The zero-order valence-electron chi connectivity index (χ0n) is 12.7. The summed E-state index contributed by atoms with van der Waals surface area (Å²) in [5.41, 5.74) is 12.1. The zero-order chi connectivity index (χ0) is 15.3. The van der Waals surface area contributed by atoms with E-state index >= 15 is 0 Å². The van der Waals surface area contributed by atoms with E-state index in [0.29, 0.717) is 0 Å². The molecule has 0 spiro atoms. The molecule has 0 radical (unpaired) electrons. The summed E-state index contributed by atoms with van der Waals surface area (Å²) in [4.78, 5) is 12.9. The third-order valence-electron chi connectivity index (χ3n) is 4.40. The number of aromatic nitrogens is 2. The Hall–Kier alpha value is -1.85. The third-order valence-corrected chi connectivity index (χ3v) is 5.63. The van der Waals surface area contributed by atoms with Gasteiger partial charge in [-0.2, -0.15) is 0 Å². The molecule has 4 rings (SSSR count). The van der Waals surface area contributed by atoms with Crippen molar-refractivity contribution in [3.05, 3.63) is 53.0 Å². The summed E-state index contributed by atoms with van der Waals surface area (Å²) in [5, 5.41) is 0. The minimum atomic E-state index is -0.00664. The summed E-state index contributed by atoms with van der Waals surface area (Å²) in [6.45, 7) is 2.09. The molecule has 1 aromatic carbocycles. The van der Waals surface area contributed by atoms with E-state index in [-0.39, 0.29) is 5.50 Å². The molecule has 1 unspecified atom stereocenters. The quantitative estimate of drug-likeness (QED) is 0.877. The Morgan fingerprint density at radius 1 is 1.27 bits per heavy atom. The minimum absolute atomic E-state index is 0.00664. The van der Waals surface area contributed by atoms with Gasteiger partial charge in [-0.25, -0.2) is 9.97 Å². The van der Waals surface area contributed by atoms with Crippen molar-refractivity contribution in [3.63, 3.8) is 0 Å². The Morgan fingerprint density at radius 2 is 2.09 bits per heavy atom. The largest absolute Gasteiger partial charge is 0.353 e. The molecule has 2 aromatic rings. The maximum atomic E-state index is 6.17. The third kappa shape index (κ3) is 2.04. The van der Waals surface area contributed by atoms with E-state index in [0.717, 1.165) is 29.9 Å². The normalized spacial score (nSPS) is 20.1. The topological polar surface area (TPSA) is 55.0 Å². The molecule has 1 aliphatic heterocycles. The van der Waals surface area contributed by atoms with Gasteiger partial charge in [0.05, 0.1) is 10.6 Å². The fraction of sp³-hybridized carbons (Fsp3) is 0.294. The number of nitrogens with zero attached hydrogens (tertiary/aromatic N) is 3. The van der Waals surface area contributed by atoms with Crippen LogP contribution in [0.2, 0.25) is 0 Å². The predicted octanol–water partition coefficient (Wildman–Crippen LogP) is 2.99. The van der Waals surface area contributed by atoms with Crippen LogP contribution in [0.15, 0.2) is 36.2 Å². The van der Waals surface area contributed by atoms with Crippen molar-refractivity contribution in [3.8, 4) is 11.4 Å². The summed E-state index contributed by atoms with van der Waals surface area (Å²) < 4.78 is 0. The Balaban J connectivity index is 1.84. The predicted molar refractivity (Wildman–Crippen MR) is 90.8 cm³/mol. The lowest BCUT2D eigenvalue weighted by Gasteiger charge is -2.22. The maximum absolute atomic E-state index is 6.17. The molecule has 2 aliphatic rings. The Labute approximate surface area is 134 Å². The molecule has 22 heavy (non-hydrogen) atoms.